The monoisotopic (exact) mass is 431 g/mol. The molecule has 8 heteroatoms. The van der Waals surface area contributed by atoms with Gasteiger partial charge in [0.2, 0.25) is 0 Å². The molecule has 1 aliphatic rings. The van der Waals surface area contributed by atoms with E-state index < -0.39 is 5.91 Å². The molecule has 0 spiro atoms. The maximum atomic E-state index is 12.8. The number of thiophene rings is 1. The lowest BCUT2D eigenvalue weighted by Gasteiger charge is -2.36. The number of carbonyl (C=O) groups excluding carboxylic acids is 2. The number of piperidine rings is 1. The molecular formula is C22H29N3O4S. The number of benzene rings is 1. The van der Waals surface area contributed by atoms with Gasteiger partial charge in [0.1, 0.15) is 0 Å². The van der Waals surface area contributed by atoms with Crippen molar-refractivity contribution >= 4 is 23.2 Å². The fraction of sp³-hybridized carbons (Fsp3) is 0.455. The Hall–Kier alpha value is -2.58. The molecule has 1 aliphatic heterocycles. The molecule has 0 bridgehead atoms. The van der Waals surface area contributed by atoms with E-state index in [1.165, 1.54) is 24.8 Å². The number of methoxy groups -OCH3 is 1. The average Bonchev–Trinajstić information content (AvgIpc) is 3.27. The van der Waals surface area contributed by atoms with Crippen LogP contribution in [0, 0.1) is 5.92 Å². The van der Waals surface area contributed by atoms with Crippen LogP contribution in [-0.4, -0.2) is 50.1 Å². The second kappa shape index (κ2) is 10.4. The van der Waals surface area contributed by atoms with E-state index in [2.05, 4.69) is 34.7 Å². The van der Waals surface area contributed by atoms with Gasteiger partial charge in [-0.1, -0.05) is 13.0 Å². The molecule has 162 valence electrons. The Kier molecular flexibility index (Phi) is 7.70. The molecule has 0 radical (unpaired) electrons. The molecule has 7 nitrogen and oxygen atoms in total. The van der Waals surface area contributed by atoms with Gasteiger partial charge in [0.25, 0.3) is 11.8 Å². The first-order valence-electron chi connectivity index (χ1n) is 10.1. The van der Waals surface area contributed by atoms with E-state index in [1.54, 1.807) is 29.5 Å². The van der Waals surface area contributed by atoms with Gasteiger partial charge in [-0.15, -0.1) is 11.3 Å². The van der Waals surface area contributed by atoms with Crippen molar-refractivity contribution in [2.45, 2.75) is 25.8 Å². The van der Waals surface area contributed by atoms with E-state index in [0.717, 1.165) is 19.0 Å². The van der Waals surface area contributed by atoms with Crippen LogP contribution in [0.25, 0.3) is 0 Å². The van der Waals surface area contributed by atoms with Crippen LogP contribution in [0.5, 0.6) is 11.5 Å². The second-order valence-electron chi connectivity index (χ2n) is 7.58. The number of rotatable bonds is 9. The highest BCUT2D eigenvalue weighted by molar-refractivity contribution is 7.10. The topological polar surface area (TPSA) is 93.9 Å². The van der Waals surface area contributed by atoms with Gasteiger partial charge in [0, 0.05) is 17.0 Å². The summed E-state index contributed by atoms with van der Waals surface area (Å²) in [6, 6.07) is 9.22. The number of ether oxygens (including phenoxy) is 2. The molecule has 0 aliphatic carbocycles. The maximum Gasteiger partial charge on any atom is 0.255 e. The van der Waals surface area contributed by atoms with Gasteiger partial charge >= 0.3 is 0 Å². The van der Waals surface area contributed by atoms with Crippen molar-refractivity contribution in [2.24, 2.45) is 11.7 Å². The summed E-state index contributed by atoms with van der Waals surface area (Å²) in [7, 11) is 1.48. The van der Waals surface area contributed by atoms with E-state index >= 15 is 0 Å². The number of primary amides is 1. The van der Waals surface area contributed by atoms with Crippen LogP contribution in [0.2, 0.25) is 0 Å². The van der Waals surface area contributed by atoms with E-state index in [-0.39, 0.29) is 18.6 Å². The normalized spacial score (nSPS) is 16.1. The van der Waals surface area contributed by atoms with Gasteiger partial charge in [0.05, 0.1) is 13.2 Å². The first-order chi connectivity index (χ1) is 14.5. The lowest BCUT2D eigenvalue weighted by molar-refractivity contribution is -0.119. The molecule has 1 saturated heterocycles. The standard InChI is InChI=1S/C22H29N3O4S/c1-15-7-9-25(10-8-15)17(20-4-3-11-30-20)13-24-22(27)16-5-6-18(19(12-16)28-2)29-14-21(23)26/h3-6,11-12,15,17H,7-10,13-14H2,1-2H3,(H2,23,26)(H,24,27). The summed E-state index contributed by atoms with van der Waals surface area (Å²) in [6.07, 6.45) is 2.36. The molecule has 1 unspecified atom stereocenters. The van der Waals surface area contributed by atoms with Crippen molar-refractivity contribution in [3.05, 3.63) is 46.2 Å². The van der Waals surface area contributed by atoms with Crippen molar-refractivity contribution < 1.29 is 19.1 Å². The summed E-state index contributed by atoms with van der Waals surface area (Å²) in [4.78, 5) is 27.5. The molecule has 2 aromatic rings. The van der Waals surface area contributed by atoms with Crippen LogP contribution in [-0.2, 0) is 4.79 Å². The molecule has 30 heavy (non-hydrogen) atoms. The van der Waals surface area contributed by atoms with Gasteiger partial charge < -0.3 is 20.5 Å². The zero-order chi connectivity index (χ0) is 21.5. The Morgan fingerprint density at radius 3 is 2.67 bits per heavy atom. The molecule has 3 rings (SSSR count). The summed E-state index contributed by atoms with van der Waals surface area (Å²) < 4.78 is 10.6. The highest BCUT2D eigenvalue weighted by Gasteiger charge is 2.26. The lowest BCUT2D eigenvalue weighted by atomic mass is 9.97. The fourth-order valence-electron chi connectivity index (χ4n) is 3.60. The van der Waals surface area contributed by atoms with Gasteiger partial charge in [0.15, 0.2) is 18.1 Å². The van der Waals surface area contributed by atoms with Crippen molar-refractivity contribution in [2.75, 3.05) is 33.4 Å². The summed E-state index contributed by atoms with van der Waals surface area (Å²) in [6.45, 7) is 4.66. The largest absolute Gasteiger partial charge is 0.493 e. The third-order valence-electron chi connectivity index (χ3n) is 5.38. The Morgan fingerprint density at radius 2 is 2.03 bits per heavy atom. The lowest BCUT2D eigenvalue weighted by Crippen LogP contribution is -2.41. The molecule has 0 saturated carbocycles. The van der Waals surface area contributed by atoms with Crippen molar-refractivity contribution in [1.82, 2.24) is 10.2 Å². The summed E-state index contributed by atoms with van der Waals surface area (Å²) in [5, 5.41) is 5.15. The van der Waals surface area contributed by atoms with E-state index in [0.29, 0.717) is 23.6 Å². The van der Waals surface area contributed by atoms with Crippen molar-refractivity contribution in [1.29, 1.82) is 0 Å². The van der Waals surface area contributed by atoms with Crippen LogP contribution >= 0.6 is 11.3 Å². The average molecular weight is 432 g/mol. The Bertz CT molecular complexity index is 848. The smallest absolute Gasteiger partial charge is 0.255 e. The van der Waals surface area contributed by atoms with Crippen molar-refractivity contribution in [3.8, 4) is 11.5 Å². The minimum atomic E-state index is -0.578. The highest BCUT2D eigenvalue weighted by Crippen LogP contribution is 2.30. The molecule has 3 N–H and O–H groups in total. The zero-order valence-electron chi connectivity index (χ0n) is 17.4. The van der Waals surface area contributed by atoms with Crippen LogP contribution < -0.4 is 20.5 Å². The number of hydrogen-bond acceptors (Lipinski definition) is 6. The molecule has 1 aromatic heterocycles. The third kappa shape index (κ3) is 5.73. The zero-order valence-corrected chi connectivity index (χ0v) is 18.2. The van der Waals surface area contributed by atoms with Gasteiger partial charge in [-0.05, 0) is 61.5 Å². The van der Waals surface area contributed by atoms with Crippen LogP contribution in [0.1, 0.15) is 41.0 Å². The summed E-state index contributed by atoms with van der Waals surface area (Å²) in [5.74, 6) is 0.741. The van der Waals surface area contributed by atoms with E-state index in [4.69, 9.17) is 15.2 Å². The summed E-state index contributed by atoms with van der Waals surface area (Å²) in [5.41, 5.74) is 5.58. The molecule has 1 fully saturated rings. The molecule has 2 heterocycles. The number of nitrogens with one attached hydrogen (secondary N) is 1. The number of nitrogens with zero attached hydrogens (tertiary/aromatic N) is 1. The Balaban J connectivity index is 1.67. The summed E-state index contributed by atoms with van der Waals surface area (Å²) >= 11 is 1.72. The number of carbonyl (C=O) groups is 2. The van der Waals surface area contributed by atoms with Gasteiger partial charge in [-0.2, -0.15) is 0 Å². The first-order valence-corrected chi connectivity index (χ1v) is 11.0. The third-order valence-corrected chi connectivity index (χ3v) is 6.36. The Morgan fingerprint density at radius 1 is 1.27 bits per heavy atom. The predicted octanol–water partition coefficient (Wildman–Crippen LogP) is 2.82. The van der Waals surface area contributed by atoms with Crippen molar-refractivity contribution in [3.63, 3.8) is 0 Å². The second-order valence-corrected chi connectivity index (χ2v) is 8.56. The maximum absolute atomic E-state index is 12.8. The minimum absolute atomic E-state index is 0.168. The minimum Gasteiger partial charge on any atom is -0.493 e. The van der Waals surface area contributed by atoms with Gasteiger partial charge in [-0.3, -0.25) is 14.5 Å². The number of amides is 2. The molecular weight excluding hydrogens is 402 g/mol. The van der Waals surface area contributed by atoms with Crippen LogP contribution in [0.3, 0.4) is 0 Å². The molecule has 1 atom stereocenters. The SMILES string of the molecule is COc1cc(C(=O)NCC(c2cccs2)N2CCC(C)CC2)ccc1OCC(N)=O. The van der Waals surface area contributed by atoms with Gasteiger partial charge in [-0.25, -0.2) is 0 Å². The predicted molar refractivity (Wildman–Crippen MR) is 117 cm³/mol. The number of hydrogen-bond donors (Lipinski definition) is 2. The quantitative estimate of drug-likeness (QED) is 0.637. The van der Waals surface area contributed by atoms with Crippen LogP contribution in [0.4, 0.5) is 0 Å². The fourth-order valence-corrected chi connectivity index (χ4v) is 4.46. The molecule has 2 amide bonds. The van der Waals surface area contributed by atoms with E-state index in [9.17, 15) is 9.59 Å². The van der Waals surface area contributed by atoms with Crippen LogP contribution in [0.15, 0.2) is 35.7 Å². The number of nitrogens with two attached hydrogens (primary N) is 1. The highest BCUT2D eigenvalue weighted by atomic mass is 32.1. The number of likely N-dealkylation sites (tertiary alicyclic amines) is 1. The molecule has 1 aromatic carbocycles. The first kappa shape index (κ1) is 22.1. The Labute approximate surface area is 181 Å². The van der Waals surface area contributed by atoms with E-state index in [1.807, 2.05) is 0 Å².